The lowest BCUT2D eigenvalue weighted by molar-refractivity contribution is -0.140. The number of anilines is 1. The normalized spacial score (nSPS) is 13.8. The van der Waals surface area contributed by atoms with Crippen LogP contribution in [0.25, 0.3) is 10.8 Å². The van der Waals surface area contributed by atoms with Crippen LogP contribution in [0.3, 0.4) is 0 Å². The number of hydrogen-bond donors (Lipinski definition) is 1. The van der Waals surface area contributed by atoms with Crippen LogP contribution in [-0.4, -0.2) is 41.2 Å². The summed E-state index contributed by atoms with van der Waals surface area (Å²) < 4.78 is 0. The Hall–Kier alpha value is -4.45. The summed E-state index contributed by atoms with van der Waals surface area (Å²) in [5.74, 6) is -0.671. The van der Waals surface area contributed by atoms with Crippen molar-refractivity contribution in [3.8, 4) is 0 Å². The van der Waals surface area contributed by atoms with Gasteiger partial charge in [0.05, 0.1) is 5.69 Å². The highest BCUT2D eigenvalue weighted by atomic mass is 16.2. The number of carbonyl (C=O) groups is 3. The van der Waals surface area contributed by atoms with Crippen LogP contribution in [0, 0.1) is 6.92 Å². The lowest BCUT2D eigenvalue weighted by atomic mass is 10.0. The summed E-state index contributed by atoms with van der Waals surface area (Å²) in [5, 5.41) is 4.93. The molecule has 0 spiro atoms. The van der Waals surface area contributed by atoms with Crippen molar-refractivity contribution in [1.29, 1.82) is 0 Å². The monoisotopic (exact) mass is 533 g/mol. The SMILES string of the molecule is CC[C@H](C)NC(=O)[C@H](Cc1ccccc1)N(Cc1ccc(C)cc1)C(=O)CN1C(=O)c2cccc3cccc1c23. The van der Waals surface area contributed by atoms with Crippen LogP contribution >= 0.6 is 0 Å². The van der Waals surface area contributed by atoms with E-state index in [-0.39, 0.29) is 36.9 Å². The number of rotatable bonds is 10. The molecular formula is C34H35N3O3. The van der Waals surface area contributed by atoms with E-state index in [1.165, 1.54) is 0 Å². The van der Waals surface area contributed by atoms with Gasteiger partial charge in [0.15, 0.2) is 0 Å². The van der Waals surface area contributed by atoms with E-state index in [4.69, 9.17) is 0 Å². The molecule has 4 aromatic carbocycles. The Kier molecular flexibility index (Phi) is 7.96. The second-order valence-corrected chi connectivity index (χ2v) is 10.6. The standard InChI is InChI=1S/C34H35N3O3/c1-4-24(3)35-33(39)30(20-25-10-6-5-7-11-25)36(21-26-18-16-23(2)17-19-26)31(38)22-37-29-15-9-13-27-12-8-14-28(32(27)29)34(37)40/h5-19,24,30H,4,20-22H2,1-3H3,(H,35,39)/t24-,30-/m0/s1. The van der Waals surface area contributed by atoms with Crippen molar-refractivity contribution in [3.05, 3.63) is 113 Å². The van der Waals surface area contributed by atoms with E-state index in [0.717, 1.165) is 39.6 Å². The maximum atomic E-state index is 14.2. The minimum Gasteiger partial charge on any atom is -0.352 e. The van der Waals surface area contributed by atoms with E-state index < -0.39 is 6.04 Å². The van der Waals surface area contributed by atoms with Crippen LogP contribution in [0.5, 0.6) is 0 Å². The summed E-state index contributed by atoms with van der Waals surface area (Å²) in [4.78, 5) is 44.7. The van der Waals surface area contributed by atoms with Gasteiger partial charge in [-0.1, -0.05) is 91.3 Å². The third-order valence-electron chi connectivity index (χ3n) is 7.69. The quantitative estimate of drug-likeness (QED) is 0.286. The van der Waals surface area contributed by atoms with Crippen LogP contribution in [-0.2, 0) is 22.6 Å². The molecule has 5 rings (SSSR count). The summed E-state index contributed by atoms with van der Waals surface area (Å²) in [7, 11) is 0. The highest BCUT2D eigenvalue weighted by molar-refractivity contribution is 6.26. The summed E-state index contributed by atoms with van der Waals surface area (Å²) in [6.07, 6.45) is 1.14. The predicted molar refractivity (Wildman–Crippen MR) is 159 cm³/mol. The summed E-state index contributed by atoms with van der Waals surface area (Å²) in [5.41, 5.74) is 4.33. The van der Waals surface area contributed by atoms with Gasteiger partial charge in [-0.2, -0.15) is 0 Å². The second kappa shape index (κ2) is 11.7. The zero-order chi connectivity index (χ0) is 28.2. The molecule has 6 nitrogen and oxygen atoms in total. The van der Waals surface area contributed by atoms with E-state index >= 15 is 0 Å². The van der Waals surface area contributed by atoms with Crippen molar-refractivity contribution < 1.29 is 14.4 Å². The van der Waals surface area contributed by atoms with Gasteiger partial charge in [-0.05, 0) is 48.9 Å². The zero-order valence-corrected chi connectivity index (χ0v) is 23.3. The van der Waals surface area contributed by atoms with Crippen molar-refractivity contribution in [2.45, 2.75) is 52.2 Å². The number of nitrogens with one attached hydrogen (secondary N) is 1. The Morgan fingerprint density at radius 3 is 2.27 bits per heavy atom. The molecule has 0 unspecified atom stereocenters. The van der Waals surface area contributed by atoms with E-state index in [1.54, 1.807) is 15.9 Å². The maximum Gasteiger partial charge on any atom is 0.259 e. The molecule has 0 radical (unpaired) electrons. The molecule has 0 aromatic heterocycles. The topological polar surface area (TPSA) is 69.7 Å². The van der Waals surface area contributed by atoms with Gasteiger partial charge >= 0.3 is 0 Å². The smallest absolute Gasteiger partial charge is 0.259 e. The van der Waals surface area contributed by atoms with E-state index in [2.05, 4.69) is 5.32 Å². The van der Waals surface area contributed by atoms with Crippen LogP contribution < -0.4 is 10.2 Å². The third kappa shape index (κ3) is 5.62. The van der Waals surface area contributed by atoms with Gasteiger partial charge < -0.3 is 10.2 Å². The number of nitrogens with zero attached hydrogens (tertiary/aromatic N) is 2. The van der Waals surface area contributed by atoms with Crippen molar-refractivity contribution in [3.63, 3.8) is 0 Å². The molecular weight excluding hydrogens is 498 g/mol. The number of hydrogen-bond acceptors (Lipinski definition) is 3. The minimum absolute atomic E-state index is 0.0330. The third-order valence-corrected chi connectivity index (χ3v) is 7.69. The molecule has 204 valence electrons. The van der Waals surface area contributed by atoms with Crippen molar-refractivity contribution >= 4 is 34.2 Å². The van der Waals surface area contributed by atoms with Gasteiger partial charge in [0.25, 0.3) is 5.91 Å². The molecule has 1 aliphatic rings. The molecule has 3 amide bonds. The van der Waals surface area contributed by atoms with Gasteiger partial charge in [0.1, 0.15) is 12.6 Å². The first kappa shape index (κ1) is 27.1. The average molecular weight is 534 g/mol. The molecule has 2 atom stereocenters. The van der Waals surface area contributed by atoms with Crippen molar-refractivity contribution in [2.75, 3.05) is 11.4 Å². The molecule has 4 aromatic rings. The predicted octanol–water partition coefficient (Wildman–Crippen LogP) is 5.66. The Morgan fingerprint density at radius 1 is 0.875 bits per heavy atom. The summed E-state index contributed by atoms with van der Waals surface area (Å²) in [6.45, 7) is 6.10. The van der Waals surface area contributed by atoms with Gasteiger partial charge in [-0.3, -0.25) is 19.3 Å². The van der Waals surface area contributed by atoms with Gasteiger partial charge in [-0.25, -0.2) is 0 Å². The first-order valence-electron chi connectivity index (χ1n) is 13.9. The molecule has 0 saturated carbocycles. The molecule has 1 N–H and O–H groups in total. The van der Waals surface area contributed by atoms with Gasteiger partial charge in [0.2, 0.25) is 11.8 Å². The van der Waals surface area contributed by atoms with Crippen molar-refractivity contribution in [2.24, 2.45) is 0 Å². The maximum absolute atomic E-state index is 14.2. The largest absolute Gasteiger partial charge is 0.352 e. The Bertz CT molecular complexity index is 1530. The Labute approximate surface area is 235 Å². The molecule has 1 aliphatic heterocycles. The highest BCUT2D eigenvalue weighted by Gasteiger charge is 2.36. The van der Waals surface area contributed by atoms with Crippen LogP contribution in [0.1, 0.15) is 47.3 Å². The fourth-order valence-corrected chi connectivity index (χ4v) is 5.25. The summed E-state index contributed by atoms with van der Waals surface area (Å²) in [6, 6.07) is 28.3. The van der Waals surface area contributed by atoms with Gasteiger partial charge in [0, 0.05) is 30.0 Å². The van der Waals surface area contributed by atoms with Gasteiger partial charge in [-0.15, -0.1) is 0 Å². The Balaban J connectivity index is 1.51. The molecule has 0 aliphatic carbocycles. The molecule has 6 heteroatoms. The van der Waals surface area contributed by atoms with Crippen LogP contribution in [0.2, 0.25) is 0 Å². The van der Waals surface area contributed by atoms with Crippen LogP contribution in [0.4, 0.5) is 5.69 Å². The fourth-order valence-electron chi connectivity index (χ4n) is 5.25. The van der Waals surface area contributed by atoms with E-state index in [9.17, 15) is 14.4 Å². The van der Waals surface area contributed by atoms with Crippen molar-refractivity contribution in [1.82, 2.24) is 10.2 Å². The first-order chi connectivity index (χ1) is 19.4. The highest BCUT2D eigenvalue weighted by Crippen LogP contribution is 2.37. The fraction of sp³-hybridized carbons (Fsp3) is 0.265. The number of aryl methyl sites for hydroxylation is 1. The second-order valence-electron chi connectivity index (χ2n) is 10.6. The number of benzene rings is 4. The zero-order valence-electron chi connectivity index (χ0n) is 23.3. The average Bonchev–Trinajstić information content (AvgIpc) is 3.24. The minimum atomic E-state index is -0.749. The lowest BCUT2D eigenvalue weighted by Gasteiger charge is -2.33. The molecule has 0 fully saturated rings. The number of carbonyl (C=O) groups excluding carboxylic acids is 3. The van der Waals surface area contributed by atoms with Crippen LogP contribution in [0.15, 0.2) is 91.0 Å². The molecule has 0 saturated heterocycles. The number of amides is 3. The Morgan fingerprint density at radius 2 is 1.57 bits per heavy atom. The first-order valence-corrected chi connectivity index (χ1v) is 13.9. The molecule has 0 bridgehead atoms. The lowest BCUT2D eigenvalue weighted by Crippen LogP contribution is -2.54. The summed E-state index contributed by atoms with van der Waals surface area (Å²) >= 11 is 0. The molecule has 40 heavy (non-hydrogen) atoms. The van der Waals surface area contributed by atoms with E-state index in [1.807, 2.05) is 106 Å². The van der Waals surface area contributed by atoms with E-state index in [0.29, 0.717) is 12.0 Å². The molecule has 1 heterocycles.